The van der Waals surface area contributed by atoms with Crippen LogP contribution in [0.2, 0.25) is 0 Å². The number of carbonyl (C=O) groups is 1. The van der Waals surface area contributed by atoms with E-state index < -0.39 is 5.97 Å². The summed E-state index contributed by atoms with van der Waals surface area (Å²) in [5.41, 5.74) is 8.52. The number of esters is 1. The number of ether oxygens (including phenoxy) is 2. The Morgan fingerprint density at radius 3 is 2.80 bits per heavy atom. The predicted octanol–water partition coefficient (Wildman–Crippen LogP) is 1.20. The summed E-state index contributed by atoms with van der Waals surface area (Å²) >= 11 is 0. The molecule has 0 aromatic carbocycles. The minimum atomic E-state index is -0.606. The molecule has 0 aromatic heterocycles. The normalized spacial score (nSPS) is 10.0. The smallest absolute Gasteiger partial charge is 0.416 e. The molecule has 0 rings (SSSR count). The average Bonchev–Trinajstić information content (AvgIpc) is 2.27. The number of methoxy groups -OCH3 is 1. The topological polar surface area (TPSA) is 71.9 Å². The molecular weight excluding hydrogens is 196 g/mol. The van der Waals surface area contributed by atoms with Gasteiger partial charge in [0.15, 0.2) is 0 Å². The van der Waals surface area contributed by atoms with Gasteiger partial charge >= 0.3 is 11.7 Å². The van der Waals surface area contributed by atoms with E-state index in [1.807, 2.05) is 19.1 Å². The number of allylic oxidation sites excluding steroid dienone is 1. The van der Waals surface area contributed by atoms with Crippen LogP contribution in [0.3, 0.4) is 0 Å². The Bertz CT molecular complexity index is 268. The standard InChI is InChI=1S/C10H16N2O3/c1-3-4-7-15-8-5-6-9(12-11)10(13)14-2/h3-4H,5-8H2,1-2H3/b4-3+. The van der Waals surface area contributed by atoms with E-state index in [0.29, 0.717) is 26.1 Å². The van der Waals surface area contributed by atoms with Gasteiger partial charge in [0.2, 0.25) is 0 Å². The van der Waals surface area contributed by atoms with Crippen molar-refractivity contribution in [1.29, 1.82) is 0 Å². The lowest BCUT2D eigenvalue weighted by molar-refractivity contribution is -0.137. The summed E-state index contributed by atoms with van der Waals surface area (Å²) in [5.74, 6) is -0.606. The minimum absolute atomic E-state index is 0.0205. The maximum Gasteiger partial charge on any atom is 0.416 e. The number of hydrogen-bond donors (Lipinski definition) is 0. The molecule has 0 radical (unpaired) electrons. The molecule has 0 N–H and O–H groups in total. The molecule has 84 valence electrons. The highest BCUT2D eigenvalue weighted by Crippen LogP contribution is 1.94. The van der Waals surface area contributed by atoms with Crippen LogP contribution in [-0.4, -0.2) is 36.8 Å². The Kier molecular flexibility index (Phi) is 8.24. The zero-order chi connectivity index (χ0) is 11.5. The van der Waals surface area contributed by atoms with Crippen molar-refractivity contribution < 1.29 is 19.1 Å². The second-order valence-corrected chi connectivity index (χ2v) is 2.79. The molecule has 0 unspecified atom stereocenters. The fourth-order valence-corrected chi connectivity index (χ4v) is 0.900. The maximum atomic E-state index is 10.9. The zero-order valence-electron chi connectivity index (χ0n) is 9.10. The monoisotopic (exact) mass is 212 g/mol. The number of carbonyl (C=O) groups excluding carboxylic acids is 1. The molecule has 0 saturated heterocycles. The third kappa shape index (κ3) is 6.60. The van der Waals surface area contributed by atoms with Gasteiger partial charge in [-0.15, -0.1) is 0 Å². The highest BCUT2D eigenvalue weighted by atomic mass is 16.5. The molecule has 0 saturated carbocycles. The Labute approximate surface area is 89.3 Å². The molecule has 15 heavy (non-hydrogen) atoms. The maximum absolute atomic E-state index is 10.9. The summed E-state index contributed by atoms with van der Waals surface area (Å²) < 4.78 is 9.62. The van der Waals surface area contributed by atoms with Gasteiger partial charge in [0.25, 0.3) is 0 Å². The molecule has 0 fully saturated rings. The van der Waals surface area contributed by atoms with Crippen molar-refractivity contribution >= 4 is 11.7 Å². The van der Waals surface area contributed by atoms with Crippen LogP contribution in [0.15, 0.2) is 12.2 Å². The van der Waals surface area contributed by atoms with Gasteiger partial charge in [0, 0.05) is 6.61 Å². The van der Waals surface area contributed by atoms with Gasteiger partial charge in [0.05, 0.1) is 20.1 Å². The van der Waals surface area contributed by atoms with Crippen LogP contribution in [0, 0.1) is 0 Å². The van der Waals surface area contributed by atoms with Gasteiger partial charge in [-0.1, -0.05) is 12.2 Å². The third-order valence-electron chi connectivity index (χ3n) is 1.69. The quantitative estimate of drug-likeness (QED) is 0.159. The summed E-state index contributed by atoms with van der Waals surface area (Å²) in [4.78, 5) is 13.8. The van der Waals surface area contributed by atoms with Crippen molar-refractivity contribution in [3.8, 4) is 0 Å². The Hall–Kier alpha value is -1.45. The molecule has 5 nitrogen and oxygen atoms in total. The fourth-order valence-electron chi connectivity index (χ4n) is 0.900. The number of nitrogens with zero attached hydrogens (tertiary/aromatic N) is 2. The van der Waals surface area contributed by atoms with Crippen molar-refractivity contribution in [3.05, 3.63) is 17.7 Å². The van der Waals surface area contributed by atoms with Crippen molar-refractivity contribution in [3.63, 3.8) is 0 Å². The second-order valence-electron chi connectivity index (χ2n) is 2.79. The van der Waals surface area contributed by atoms with Gasteiger partial charge < -0.3 is 15.0 Å². The van der Waals surface area contributed by atoms with E-state index in [-0.39, 0.29) is 5.71 Å². The summed E-state index contributed by atoms with van der Waals surface area (Å²) in [7, 11) is 1.25. The van der Waals surface area contributed by atoms with E-state index in [1.54, 1.807) is 0 Å². The Morgan fingerprint density at radius 1 is 1.53 bits per heavy atom. The summed E-state index contributed by atoms with van der Waals surface area (Å²) in [6.45, 7) is 2.98. The van der Waals surface area contributed by atoms with Crippen LogP contribution in [0.4, 0.5) is 0 Å². The van der Waals surface area contributed by atoms with E-state index in [1.165, 1.54) is 7.11 Å². The van der Waals surface area contributed by atoms with E-state index in [0.717, 1.165) is 0 Å². The van der Waals surface area contributed by atoms with Crippen LogP contribution < -0.4 is 0 Å². The van der Waals surface area contributed by atoms with E-state index in [4.69, 9.17) is 10.3 Å². The third-order valence-corrected chi connectivity index (χ3v) is 1.69. The number of hydrogen-bond acceptors (Lipinski definition) is 3. The zero-order valence-corrected chi connectivity index (χ0v) is 9.10. The average molecular weight is 212 g/mol. The lowest BCUT2D eigenvalue weighted by atomic mass is 10.2. The SMILES string of the molecule is C/C=C/COCCCC(=[N+]=[N-])C(=O)OC. The van der Waals surface area contributed by atoms with Crippen molar-refractivity contribution in [2.75, 3.05) is 20.3 Å². The van der Waals surface area contributed by atoms with E-state index in [2.05, 4.69) is 9.53 Å². The highest BCUT2D eigenvalue weighted by Gasteiger charge is 2.19. The lowest BCUT2D eigenvalue weighted by Gasteiger charge is -1.98. The van der Waals surface area contributed by atoms with Gasteiger partial charge in [-0.3, -0.25) is 0 Å². The molecule has 0 aliphatic heterocycles. The first kappa shape index (κ1) is 13.5. The molecule has 5 heteroatoms. The van der Waals surface area contributed by atoms with Crippen LogP contribution in [0.25, 0.3) is 5.53 Å². The first-order chi connectivity index (χ1) is 7.26. The molecule has 0 aromatic rings. The van der Waals surface area contributed by atoms with E-state index in [9.17, 15) is 4.79 Å². The molecule has 0 heterocycles. The van der Waals surface area contributed by atoms with Crippen LogP contribution >= 0.6 is 0 Å². The highest BCUT2D eigenvalue weighted by molar-refractivity contribution is 6.33. The minimum Gasteiger partial charge on any atom is -0.460 e. The summed E-state index contributed by atoms with van der Waals surface area (Å²) in [6, 6.07) is 0. The Balaban J connectivity index is 3.66. The lowest BCUT2D eigenvalue weighted by Crippen LogP contribution is -2.17. The van der Waals surface area contributed by atoms with Crippen molar-refractivity contribution in [1.82, 2.24) is 0 Å². The first-order valence-electron chi connectivity index (χ1n) is 4.74. The predicted molar refractivity (Wildman–Crippen MR) is 55.5 cm³/mol. The van der Waals surface area contributed by atoms with Crippen molar-refractivity contribution in [2.24, 2.45) is 0 Å². The van der Waals surface area contributed by atoms with Gasteiger partial charge in [-0.25, -0.2) is 4.79 Å². The fraction of sp³-hybridized carbons (Fsp3) is 0.600. The molecule has 0 aliphatic rings. The van der Waals surface area contributed by atoms with Crippen LogP contribution in [-0.2, 0) is 14.3 Å². The van der Waals surface area contributed by atoms with Crippen molar-refractivity contribution in [2.45, 2.75) is 19.8 Å². The molecule has 0 spiro atoms. The first-order valence-corrected chi connectivity index (χ1v) is 4.74. The van der Waals surface area contributed by atoms with Crippen LogP contribution in [0.1, 0.15) is 19.8 Å². The molecule has 0 bridgehead atoms. The molecular formula is C10H16N2O3. The summed E-state index contributed by atoms with van der Waals surface area (Å²) in [6.07, 6.45) is 4.75. The van der Waals surface area contributed by atoms with E-state index >= 15 is 0 Å². The molecule has 0 atom stereocenters. The largest absolute Gasteiger partial charge is 0.460 e. The number of rotatable bonds is 7. The Morgan fingerprint density at radius 2 is 2.27 bits per heavy atom. The second kappa shape index (κ2) is 9.12. The molecule has 0 aliphatic carbocycles. The van der Waals surface area contributed by atoms with Gasteiger partial charge in [-0.2, -0.15) is 4.79 Å². The molecule has 0 amide bonds. The van der Waals surface area contributed by atoms with Gasteiger partial charge in [-0.05, 0) is 13.3 Å². The summed E-state index contributed by atoms with van der Waals surface area (Å²) in [5, 5.41) is 0. The van der Waals surface area contributed by atoms with Gasteiger partial charge in [0.1, 0.15) is 0 Å². The van der Waals surface area contributed by atoms with Crippen LogP contribution in [0.5, 0.6) is 0 Å².